The first-order chi connectivity index (χ1) is 18.3. The van der Waals surface area contributed by atoms with Crippen LogP contribution in [0.4, 0.5) is 0 Å². The molecule has 3 fully saturated rings. The van der Waals surface area contributed by atoms with E-state index in [1.807, 2.05) is 7.05 Å². The Morgan fingerprint density at radius 1 is 1.15 bits per heavy atom. The quantitative estimate of drug-likeness (QED) is 0.391. The smallest absolute Gasteiger partial charge is 0.235 e. The number of likely N-dealkylation sites (N-methyl/N-ethyl adjacent to an activating group) is 1. The van der Waals surface area contributed by atoms with E-state index < -0.39 is 64.4 Å². The lowest BCUT2D eigenvalue weighted by molar-refractivity contribution is -0.181. The van der Waals surface area contributed by atoms with Crippen molar-refractivity contribution in [3.63, 3.8) is 0 Å². The van der Waals surface area contributed by atoms with Gasteiger partial charge in [-0.2, -0.15) is 0 Å². The van der Waals surface area contributed by atoms with E-state index in [4.69, 9.17) is 10.5 Å². The van der Waals surface area contributed by atoms with Crippen LogP contribution in [-0.4, -0.2) is 95.5 Å². The zero-order valence-corrected chi connectivity index (χ0v) is 22.6. The monoisotopic (exact) mass is 541 g/mol. The SMILES string of the molecule is COc1c(CN(C)CC2CC2)cc(O)c2c1C[C@H]1C[C@H]3[C@H](N(C)C)C(=O)C(C(N)=O)C(=O)[C@@]3(O)C(=O)C1C2=O. The van der Waals surface area contributed by atoms with Crippen molar-refractivity contribution in [2.45, 2.75) is 43.9 Å². The van der Waals surface area contributed by atoms with Gasteiger partial charge in [0.1, 0.15) is 11.5 Å². The van der Waals surface area contributed by atoms with Crippen LogP contribution in [0.5, 0.6) is 11.5 Å². The van der Waals surface area contributed by atoms with Gasteiger partial charge in [0, 0.05) is 30.1 Å². The number of Topliss-reactive ketones (excluding diaryl/α,β-unsaturated/α-hetero) is 4. The molecule has 210 valence electrons. The second kappa shape index (κ2) is 9.50. The number of aromatic hydroxyl groups is 1. The molecule has 5 rings (SSSR count). The Kier molecular flexibility index (Phi) is 6.68. The highest BCUT2D eigenvalue weighted by Gasteiger charge is 2.69. The summed E-state index contributed by atoms with van der Waals surface area (Å²) in [7, 11) is 6.58. The Hall–Kier alpha value is -3.15. The number of phenols is 1. The van der Waals surface area contributed by atoms with Gasteiger partial charge in [0.25, 0.3) is 0 Å². The van der Waals surface area contributed by atoms with Crippen LogP contribution in [0.2, 0.25) is 0 Å². The van der Waals surface area contributed by atoms with Crippen molar-refractivity contribution < 1.29 is 38.9 Å². The fraction of sp³-hybridized carbons (Fsp3) is 0.607. The highest BCUT2D eigenvalue weighted by Crippen LogP contribution is 2.52. The van der Waals surface area contributed by atoms with Gasteiger partial charge in [-0.1, -0.05) is 0 Å². The molecule has 1 aromatic carbocycles. The summed E-state index contributed by atoms with van der Waals surface area (Å²) < 4.78 is 5.74. The lowest BCUT2D eigenvalue weighted by atomic mass is 9.52. The molecule has 4 N–H and O–H groups in total. The number of hydrogen-bond donors (Lipinski definition) is 3. The zero-order valence-electron chi connectivity index (χ0n) is 22.6. The van der Waals surface area contributed by atoms with Crippen molar-refractivity contribution >= 4 is 29.0 Å². The number of carbonyl (C=O) groups is 5. The molecule has 11 nitrogen and oxygen atoms in total. The summed E-state index contributed by atoms with van der Waals surface area (Å²) in [5.74, 6) is -9.48. The summed E-state index contributed by atoms with van der Waals surface area (Å²) in [6.45, 7) is 1.39. The molecule has 3 saturated carbocycles. The van der Waals surface area contributed by atoms with Gasteiger partial charge in [-0.05, 0) is 64.7 Å². The molecule has 0 aliphatic heterocycles. The Balaban J connectivity index is 1.58. The molecule has 1 amide bonds. The topological polar surface area (TPSA) is 168 Å². The first-order valence-corrected chi connectivity index (χ1v) is 13.3. The Bertz CT molecular complexity index is 1290. The number of aliphatic hydroxyl groups is 1. The number of hydrogen-bond acceptors (Lipinski definition) is 10. The number of benzene rings is 1. The summed E-state index contributed by atoms with van der Waals surface area (Å²) in [6, 6.07) is 0.337. The lowest BCUT2D eigenvalue weighted by Gasteiger charge is -2.52. The van der Waals surface area contributed by atoms with Crippen molar-refractivity contribution in [2.75, 3.05) is 34.8 Å². The Morgan fingerprint density at radius 2 is 1.82 bits per heavy atom. The molecule has 0 aromatic heterocycles. The fourth-order valence-electron chi connectivity index (χ4n) is 7.18. The number of nitrogens with two attached hydrogens (primary N) is 1. The van der Waals surface area contributed by atoms with E-state index in [1.54, 1.807) is 14.1 Å². The minimum absolute atomic E-state index is 0.000375. The van der Waals surface area contributed by atoms with Gasteiger partial charge < -0.3 is 25.6 Å². The van der Waals surface area contributed by atoms with E-state index >= 15 is 0 Å². The standard InChI is InChI=1S/C28H35N3O8/c1-30(2)21-16-8-13-7-15-19(17(32)9-14(24(15)39-4)11-31(3)10-12-5-6-12)22(33)18(13)25(35)28(16,38)26(36)20(23(21)34)27(29)37/h9,12-13,16,18,20-21,32,38H,5-8,10-11H2,1-4H3,(H2,29,37)/t13-,16-,18?,20?,21-,28-/m0/s1. The third kappa shape index (κ3) is 4.09. The second-order valence-electron chi connectivity index (χ2n) is 11.9. The molecular weight excluding hydrogens is 506 g/mol. The van der Waals surface area contributed by atoms with Crippen LogP contribution >= 0.6 is 0 Å². The van der Waals surface area contributed by atoms with Gasteiger partial charge in [0.2, 0.25) is 5.91 Å². The van der Waals surface area contributed by atoms with Crippen molar-refractivity contribution in [3.05, 3.63) is 22.8 Å². The average Bonchev–Trinajstić information content (AvgIpc) is 3.64. The second-order valence-corrected chi connectivity index (χ2v) is 11.9. The van der Waals surface area contributed by atoms with E-state index in [0.29, 0.717) is 29.3 Å². The van der Waals surface area contributed by atoms with Crippen LogP contribution in [0.15, 0.2) is 6.07 Å². The van der Waals surface area contributed by atoms with Gasteiger partial charge in [-0.3, -0.25) is 28.9 Å². The molecule has 39 heavy (non-hydrogen) atoms. The highest BCUT2D eigenvalue weighted by atomic mass is 16.5. The molecular formula is C28H35N3O8. The molecule has 11 heteroatoms. The maximum Gasteiger partial charge on any atom is 0.235 e. The maximum atomic E-state index is 13.9. The number of amides is 1. The Labute approximate surface area is 226 Å². The van der Waals surface area contributed by atoms with Gasteiger partial charge in [-0.15, -0.1) is 0 Å². The number of phenolic OH excluding ortho intramolecular Hbond substituents is 1. The largest absolute Gasteiger partial charge is 0.507 e. The maximum absolute atomic E-state index is 13.9. The molecule has 1 aromatic rings. The number of rotatable bonds is 7. The molecule has 4 aliphatic carbocycles. The third-order valence-electron chi connectivity index (χ3n) is 9.00. The lowest BCUT2D eigenvalue weighted by Crippen LogP contribution is -2.74. The summed E-state index contributed by atoms with van der Waals surface area (Å²) in [5, 5.41) is 22.6. The third-order valence-corrected chi connectivity index (χ3v) is 9.00. The molecule has 0 spiro atoms. The minimum atomic E-state index is -2.73. The van der Waals surface area contributed by atoms with Crippen LogP contribution in [0.25, 0.3) is 0 Å². The molecule has 0 saturated heterocycles. The van der Waals surface area contributed by atoms with Gasteiger partial charge in [0.15, 0.2) is 34.7 Å². The minimum Gasteiger partial charge on any atom is -0.507 e. The van der Waals surface area contributed by atoms with Crippen LogP contribution in [0.3, 0.4) is 0 Å². The molecule has 2 unspecified atom stereocenters. The fourth-order valence-corrected chi connectivity index (χ4v) is 7.18. The number of nitrogens with zero attached hydrogens (tertiary/aromatic N) is 2. The molecule has 6 atom stereocenters. The van der Waals surface area contributed by atoms with Gasteiger partial charge in [-0.25, -0.2) is 0 Å². The van der Waals surface area contributed by atoms with Crippen LogP contribution in [0, 0.1) is 29.6 Å². The summed E-state index contributed by atoms with van der Waals surface area (Å²) >= 11 is 0. The first kappa shape index (κ1) is 27.4. The van der Waals surface area contributed by atoms with E-state index in [2.05, 4.69) is 4.90 Å². The van der Waals surface area contributed by atoms with E-state index in [1.165, 1.54) is 30.9 Å². The molecule has 0 heterocycles. The number of carbonyl (C=O) groups excluding carboxylic acids is 5. The summed E-state index contributed by atoms with van der Waals surface area (Å²) in [5.41, 5.74) is 3.74. The van der Waals surface area contributed by atoms with Crippen LogP contribution in [-0.2, 0) is 32.1 Å². The molecule has 0 bridgehead atoms. The van der Waals surface area contributed by atoms with Crippen LogP contribution in [0.1, 0.15) is 40.7 Å². The van der Waals surface area contributed by atoms with Crippen molar-refractivity contribution in [2.24, 2.45) is 35.3 Å². The number of methoxy groups -OCH3 is 1. The van der Waals surface area contributed by atoms with E-state index in [9.17, 15) is 34.2 Å². The molecule has 4 aliphatic rings. The van der Waals surface area contributed by atoms with Crippen molar-refractivity contribution in [1.82, 2.24) is 9.80 Å². The van der Waals surface area contributed by atoms with Gasteiger partial charge in [0.05, 0.1) is 24.6 Å². The average molecular weight is 542 g/mol. The number of ketones is 4. The normalized spacial score (nSPS) is 32.2. The summed E-state index contributed by atoms with van der Waals surface area (Å²) in [6.07, 6.45) is 2.55. The van der Waals surface area contributed by atoms with Crippen molar-refractivity contribution in [3.8, 4) is 11.5 Å². The summed E-state index contributed by atoms with van der Waals surface area (Å²) in [4.78, 5) is 69.9. The first-order valence-electron chi connectivity index (χ1n) is 13.3. The zero-order chi connectivity index (χ0) is 28.5. The van der Waals surface area contributed by atoms with Crippen molar-refractivity contribution in [1.29, 1.82) is 0 Å². The number of ether oxygens (including phenoxy) is 1. The number of primary amides is 1. The number of fused-ring (bicyclic) bond motifs is 3. The molecule has 0 radical (unpaired) electrons. The Morgan fingerprint density at radius 3 is 2.38 bits per heavy atom. The predicted octanol–water partition coefficient (Wildman–Crippen LogP) is -0.283. The van der Waals surface area contributed by atoms with Gasteiger partial charge >= 0.3 is 0 Å². The highest BCUT2D eigenvalue weighted by molar-refractivity contribution is 6.32. The van der Waals surface area contributed by atoms with E-state index in [0.717, 1.165) is 6.54 Å². The van der Waals surface area contributed by atoms with Crippen LogP contribution < -0.4 is 10.5 Å². The van der Waals surface area contributed by atoms with E-state index in [-0.39, 0.29) is 24.2 Å². The predicted molar refractivity (Wildman–Crippen MR) is 137 cm³/mol.